The summed E-state index contributed by atoms with van der Waals surface area (Å²) < 4.78 is 15.2. The second-order valence-electron chi connectivity index (χ2n) is 4.28. The number of aryl methyl sites for hydroxylation is 1. The van der Waals surface area contributed by atoms with Gasteiger partial charge in [0, 0.05) is 13.1 Å². The highest BCUT2D eigenvalue weighted by Crippen LogP contribution is 2.28. The van der Waals surface area contributed by atoms with E-state index in [0.717, 1.165) is 11.8 Å². The first-order chi connectivity index (χ1) is 9.38. The summed E-state index contributed by atoms with van der Waals surface area (Å²) in [6.07, 6.45) is 0. The number of hydrogen-bond acceptors (Lipinski definition) is 5. The van der Waals surface area contributed by atoms with Crippen LogP contribution in [0, 0.1) is 5.82 Å². The van der Waals surface area contributed by atoms with Crippen molar-refractivity contribution in [2.45, 2.75) is 23.0 Å². The van der Waals surface area contributed by atoms with E-state index in [1.165, 1.54) is 17.8 Å². The Bertz CT molecular complexity index is 754. The van der Waals surface area contributed by atoms with E-state index in [-0.39, 0.29) is 11.2 Å². The highest BCUT2D eigenvalue weighted by Gasteiger charge is 2.11. The van der Waals surface area contributed by atoms with Crippen molar-refractivity contribution in [3.05, 3.63) is 50.3 Å². The van der Waals surface area contributed by atoms with Gasteiger partial charge in [-0.1, -0.05) is 6.07 Å². The lowest BCUT2D eigenvalue weighted by molar-refractivity contribution is 0.585. The Morgan fingerprint density at radius 1 is 1.45 bits per heavy atom. The van der Waals surface area contributed by atoms with Crippen LogP contribution in [-0.4, -0.2) is 14.8 Å². The largest absolute Gasteiger partial charge is 0.339 e. The number of H-pyrrole nitrogens is 1. The average molecular weight is 296 g/mol. The minimum absolute atomic E-state index is 0.196. The second kappa shape index (κ2) is 5.59. The van der Waals surface area contributed by atoms with Gasteiger partial charge in [0.25, 0.3) is 0 Å². The average Bonchev–Trinajstić information content (AvgIpc) is 2.37. The highest BCUT2D eigenvalue weighted by atomic mass is 32.2. The Kier molecular flexibility index (Phi) is 4.05. The fourth-order valence-corrected chi connectivity index (χ4v) is 2.33. The maximum atomic E-state index is 13.9. The molecule has 2 rings (SSSR count). The summed E-state index contributed by atoms with van der Waals surface area (Å²) in [5.41, 5.74) is 4.63. The van der Waals surface area contributed by atoms with Gasteiger partial charge in [0.1, 0.15) is 5.82 Å². The molecule has 1 aromatic heterocycles. The van der Waals surface area contributed by atoms with Gasteiger partial charge in [-0.15, -0.1) is 0 Å². The molecular weight excluding hydrogens is 283 g/mol. The first kappa shape index (κ1) is 14.5. The molecule has 0 spiro atoms. The molecule has 0 saturated carbocycles. The zero-order valence-electron chi connectivity index (χ0n) is 10.9. The third kappa shape index (κ3) is 2.97. The van der Waals surface area contributed by atoms with E-state index in [9.17, 15) is 14.0 Å². The van der Waals surface area contributed by atoms with E-state index < -0.39 is 16.9 Å². The molecule has 0 fully saturated rings. The number of nitrogens with zero attached hydrogens (tertiary/aromatic N) is 2. The van der Waals surface area contributed by atoms with Crippen molar-refractivity contribution in [1.29, 1.82) is 0 Å². The van der Waals surface area contributed by atoms with Crippen molar-refractivity contribution < 1.29 is 4.39 Å². The third-order valence-corrected chi connectivity index (χ3v) is 3.73. The molecular formula is C12H13FN4O2S. The summed E-state index contributed by atoms with van der Waals surface area (Å²) in [5, 5.41) is 2.50. The molecule has 106 valence electrons. The van der Waals surface area contributed by atoms with Gasteiger partial charge in [0.2, 0.25) is 0 Å². The monoisotopic (exact) mass is 296 g/mol. The molecule has 0 radical (unpaired) electrons. The van der Waals surface area contributed by atoms with Crippen LogP contribution in [0.4, 0.5) is 4.39 Å². The molecule has 2 aromatic rings. The summed E-state index contributed by atoms with van der Waals surface area (Å²) in [6.45, 7) is 1.76. The molecule has 0 amide bonds. The van der Waals surface area contributed by atoms with Crippen molar-refractivity contribution in [2.24, 2.45) is 12.8 Å². The summed E-state index contributed by atoms with van der Waals surface area (Å²) in [4.78, 5) is 26.2. The van der Waals surface area contributed by atoms with E-state index in [1.54, 1.807) is 19.1 Å². The van der Waals surface area contributed by atoms with Gasteiger partial charge >= 0.3 is 11.1 Å². The van der Waals surface area contributed by atoms with Crippen LogP contribution in [0.3, 0.4) is 0 Å². The van der Waals surface area contributed by atoms with Gasteiger partial charge < -0.3 is 5.73 Å². The molecule has 1 atom stereocenters. The van der Waals surface area contributed by atoms with Crippen molar-refractivity contribution >= 4 is 11.8 Å². The third-order valence-electron chi connectivity index (χ3n) is 2.63. The van der Waals surface area contributed by atoms with E-state index in [4.69, 9.17) is 5.73 Å². The first-order valence-corrected chi connectivity index (χ1v) is 6.60. The van der Waals surface area contributed by atoms with Crippen molar-refractivity contribution in [2.75, 3.05) is 0 Å². The van der Waals surface area contributed by atoms with E-state index in [1.807, 2.05) is 0 Å². The van der Waals surface area contributed by atoms with Crippen LogP contribution in [-0.2, 0) is 7.05 Å². The van der Waals surface area contributed by atoms with Gasteiger partial charge in [-0.05, 0) is 36.4 Å². The maximum Gasteiger partial charge on any atom is 0.339 e. The smallest absolute Gasteiger partial charge is 0.324 e. The molecule has 20 heavy (non-hydrogen) atoms. The highest BCUT2D eigenvalue weighted by molar-refractivity contribution is 7.99. The van der Waals surface area contributed by atoms with Crippen LogP contribution in [0.2, 0.25) is 0 Å². The molecule has 0 aliphatic heterocycles. The predicted octanol–water partition coefficient (Wildman–Crippen LogP) is 0.779. The van der Waals surface area contributed by atoms with E-state index in [2.05, 4.69) is 10.1 Å². The molecule has 6 nitrogen and oxygen atoms in total. The predicted molar refractivity (Wildman–Crippen MR) is 73.2 cm³/mol. The lowest BCUT2D eigenvalue weighted by Gasteiger charge is -2.09. The molecule has 3 N–H and O–H groups in total. The number of aromatic amines is 1. The van der Waals surface area contributed by atoms with E-state index >= 15 is 0 Å². The minimum Gasteiger partial charge on any atom is -0.324 e. The number of nitrogens with two attached hydrogens (primary N) is 1. The van der Waals surface area contributed by atoms with Crippen molar-refractivity contribution in [3.63, 3.8) is 0 Å². The van der Waals surface area contributed by atoms with Crippen LogP contribution in [0.15, 0.2) is 37.8 Å². The fourth-order valence-electron chi connectivity index (χ4n) is 1.53. The standard InChI is InChI=1S/C12H13FN4O2S/c1-6(14)7-3-4-9(8(13)5-7)20-12-15-10(18)11(19)16-17(12)2/h3-6H,14H2,1-2H3,(H,16,19). The van der Waals surface area contributed by atoms with Gasteiger partial charge in [0.05, 0.1) is 4.90 Å². The Labute approximate surface area is 117 Å². The van der Waals surface area contributed by atoms with Crippen LogP contribution in [0.1, 0.15) is 18.5 Å². The normalized spacial score (nSPS) is 12.4. The molecule has 1 aromatic carbocycles. The molecule has 0 bridgehead atoms. The SMILES string of the molecule is CC(N)c1ccc(Sc2nc(=O)c(=O)[nH]n2C)c(F)c1. The molecule has 1 unspecified atom stereocenters. The fraction of sp³-hybridized carbons (Fsp3) is 0.250. The quantitative estimate of drug-likeness (QED) is 0.816. The van der Waals surface area contributed by atoms with Crippen molar-refractivity contribution in [1.82, 2.24) is 14.8 Å². The number of halogens is 1. The van der Waals surface area contributed by atoms with Crippen LogP contribution in [0.5, 0.6) is 0 Å². The molecule has 0 aliphatic carbocycles. The van der Waals surface area contributed by atoms with Gasteiger partial charge in [0.15, 0.2) is 5.16 Å². The molecule has 8 heteroatoms. The summed E-state index contributed by atoms with van der Waals surface area (Å²) in [6, 6.07) is 4.35. The van der Waals surface area contributed by atoms with Crippen LogP contribution in [0.25, 0.3) is 0 Å². The van der Waals surface area contributed by atoms with Gasteiger partial charge in [-0.25, -0.2) is 4.39 Å². The number of benzene rings is 1. The molecule has 0 saturated heterocycles. The number of hydrogen-bond donors (Lipinski definition) is 2. The van der Waals surface area contributed by atoms with E-state index in [0.29, 0.717) is 10.5 Å². The minimum atomic E-state index is -0.904. The lowest BCUT2D eigenvalue weighted by Crippen LogP contribution is -2.33. The maximum absolute atomic E-state index is 13.9. The topological polar surface area (TPSA) is 93.8 Å². The summed E-state index contributed by atoms with van der Waals surface area (Å²) >= 11 is 0.950. The Balaban J connectivity index is 2.38. The Hall–Kier alpha value is -1.93. The Morgan fingerprint density at radius 3 is 2.75 bits per heavy atom. The number of nitrogens with one attached hydrogen (secondary N) is 1. The van der Waals surface area contributed by atoms with Crippen molar-refractivity contribution in [3.8, 4) is 0 Å². The summed E-state index contributed by atoms with van der Waals surface area (Å²) in [5.74, 6) is -0.453. The Morgan fingerprint density at radius 2 is 2.15 bits per heavy atom. The summed E-state index contributed by atoms with van der Waals surface area (Å²) in [7, 11) is 1.52. The first-order valence-electron chi connectivity index (χ1n) is 5.78. The van der Waals surface area contributed by atoms with Crippen LogP contribution < -0.4 is 16.9 Å². The van der Waals surface area contributed by atoms with Gasteiger partial charge in [-0.2, -0.15) is 4.98 Å². The molecule has 1 heterocycles. The zero-order chi connectivity index (χ0) is 14.9. The molecule has 0 aliphatic rings. The lowest BCUT2D eigenvalue weighted by atomic mass is 10.1. The van der Waals surface area contributed by atoms with Gasteiger partial charge in [-0.3, -0.25) is 19.4 Å². The number of aromatic nitrogens is 3. The van der Waals surface area contributed by atoms with Crippen LogP contribution >= 0.6 is 11.8 Å². The number of rotatable bonds is 3. The second-order valence-corrected chi connectivity index (χ2v) is 5.29. The zero-order valence-corrected chi connectivity index (χ0v) is 11.7.